The van der Waals surface area contributed by atoms with Gasteiger partial charge in [-0.3, -0.25) is 0 Å². The molecule has 5 heterocycles. The molecule has 0 radical (unpaired) electrons. The summed E-state index contributed by atoms with van der Waals surface area (Å²) in [5.41, 5.74) is 9.57. The first-order valence-corrected chi connectivity index (χ1v) is 8.83. The summed E-state index contributed by atoms with van der Waals surface area (Å²) in [5.74, 6) is 0. The van der Waals surface area contributed by atoms with Gasteiger partial charge in [0.25, 0.3) is 6.33 Å². The second kappa shape index (κ2) is 4.72. The van der Waals surface area contributed by atoms with Crippen LogP contribution in [-0.4, -0.2) is 21.7 Å². The minimum atomic E-state index is 0.126. The van der Waals surface area contributed by atoms with Crippen molar-refractivity contribution in [1.82, 2.24) is 15.0 Å². The number of pyridine rings is 1. The SMILES string of the molecule is C[n+]1cccc2c1B1c3c(ncnc3-c3cccc4nc[n+](C)c1c34)C2. The van der Waals surface area contributed by atoms with Crippen LogP contribution in [0.4, 0.5) is 0 Å². The Labute approximate surface area is 151 Å². The molecule has 0 amide bonds. The molecule has 2 aliphatic rings. The fourth-order valence-corrected chi connectivity index (χ4v) is 4.74. The van der Waals surface area contributed by atoms with Crippen LogP contribution in [0.25, 0.3) is 22.2 Å². The van der Waals surface area contributed by atoms with E-state index in [4.69, 9.17) is 4.98 Å². The number of benzene rings is 1. The fraction of sp³-hybridized carbons (Fsp3) is 0.150. The summed E-state index contributed by atoms with van der Waals surface area (Å²) in [6, 6.07) is 10.7. The molecule has 0 saturated carbocycles. The molecule has 0 spiro atoms. The van der Waals surface area contributed by atoms with Gasteiger partial charge in [0.1, 0.15) is 13.4 Å². The Morgan fingerprint density at radius 3 is 2.81 bits per heavy atom. The van der Waals surface area contributed by atoms with E-state index in [1.807, 2.05) is 6.33 Å². The molecule has 5 nitrogen and oxygen atoms in total. The maximum absolute atomic E-state index is 4.71. The zero-order valence-corrected chi connectivity index (χ0v) is 14.6. The van der Waals surface area contributed by atoms with Crippen LogP contribution in [0.2, 0.25) is 0 Å². The first-order valence-electron chi connectivity index (χ1n) is 8.83. The molecule has 26 heavy (non-hydrogen) atoms. The van der Waals surface area contributed by atoms with E-state index in [0.29, 0.717) is 0 Å². The van der Waals surface area contributed by atoms with Gasteiger partial charge < -0.3 is 0 Å². The number of hydrogen-bond donors (Lipinski definition) is 0. The minimum absolute atomic E-state index is 0.126. The second-order valence-electron chi connectivity index (χ2n) is 7.16. The maximum atomic E-state index is 4.71. The van der Waals surface area contributed by atoms with Crippen molar-refractivity contribution in [1.29, 1.82) is 0 Å². The van der Waals surface area contributed by atoms with E-state index < -0.39 is 0 Å². The van der Waals surface area contributed by atoms with Crippen molar-refractivity contribution in [3.8, 4) is 11.3 Å². The van der Waals surface area contributed by atoms with Gasteiger partial charge in [-0.15, -0.1) is 0 Å². The molecule has 1 aromatic carbocycles. The summed E-state index contributed by atoms with van der Waals surface area (Å²) in [7, 11) is 4.22. The van der Waals surface area contributed by atoms with Gasteiger partial charge in [-0.1, -0.05) is 12.1 Å². The Morgan fingerprint density at radius 1 is 0.962 bits per heavy atom. The molecular weight excluding hydrogens is 321 g/mol. The molecule has 6 rings (SSSR count). The van der Waals surface area contributed by atoms with Gasteiger partial charge in [0.15, 0.2) is 17.3 Å². The van der Waals surface area contributed by atoms with Crippen LogP contribution in [-0.2, 0) is 20.5 Å². The van der Waals surface area contributed by atoms with Crippen molar-refractivity contribution in [3.63, 3.8) is 0 Å². The Balaban J connectivity index is 1.87. The molecule has 0 saturated heterocycles. The molecule has 0 N–H and O–H groups in total. The van der Waals surface area contributed by atoms with Gasteiger partial charge >= 0.3 is 6.71 Å². The van der Waals surface area contributed by atoms with Crippen LogP contribution in [0.5, 0.6) is 0 Å². The predicted octanol–water partition coefficient (Wildman–Crippen LogP) is -0.925. The lowest BCUT2D eigenvalue weighted by Gasteiger charge is -2.28. The molecule has 6 heteroatoms. The van der Waals surface area contributed by atoms with Crippen molar-refractivity contribution < 1.29 is 9.13 Å². The third kappa shape index (κ3) is 1.59. The van der Waals surface area contributed by atoms with Crippen molar-refractivity contribution in [2.45, 2.75) is 6.42 Å². The maximum Gasteiger partial charge on any atom is 0.379 e. The van der Waals surface area contributed by atoms with Crippen molar-refractivity contribution in [2.75, 3.05) is 0 Å². The number of fused-ring (bicyclic) bond motifs is 4. The quantitative estimate of drug-likeness (QED) is 0.266. The summed E-state index contributed by atoms with van der Waals surface area (Å²) in [4.78, 5) is 14.0. The summed E-state index contributed by atoms with van der Waals surface area (Å²) < 4.78 is 4.41. The molecule has 3 aromatic heterocycles. The van der Waals surface area contributed by atoms with Crippen LogP contribution in [0.3, 0.4) is 0 Å². The Bertz CT molecular complexity index is 1250. The van der Waals surface area contributed by atoms with Gasteiger partial charge in [-0.05, 0) is 22.6 Å². The summed E-state index contributed by atoms with van der Waals surface area (Å²) in [6.07, 6.45) is 6.62. The van der Waals surface area contributed by atoms with Crippen LogP contribution >= 0.6 is 0 Å². The molecule has 122 valence electrons. The van der Waals surface area contributed by atoms with Gasteiger partial charge in [0, 0.05) is 29.3 Å². The van der Waals surface area contributed by atoms with E-state index in [9.17, 15) is 0 Å². The number of hydrogen-bond acceptors (Lipinski definition) is 3. The zero-order chi connectivity index (χ0) is 17.4. The lowest BCUT2D eigenvalue weighted by molar-refractivity contribution is -0.659. The lowest BCUT2D eigenvalue weighted by atomic mass is 9.34. The highest BCUT2D eigenvalue weighted by Gasteiger charge is 2.48. The van der Waals surface area contributed by atoms with Crippen LogP contribution < -0.4 is 25.8 Å². The minimum Gasteiger partial charge on any atom is -0.244 e. The third-order valence-corrected chi connectivity index (χ3v) is 5.78. The molecule has 0 atom stereocenters. The molecule has 2 aliphatic heterocycles. The van der Waals surface area contributed by atoms with E-state index in [1.54, 1.807) is 6.33 Å². The van der Waals surface area contributed by atoms with E-state index in [0.717, 1.165) is 28.9 Å². The summed E-state index contributed by atoms with van der Waals surface area (Å²) in [6.45, 7) is 0.126. The standard InChI is InChI=1S/C20H16BN5/c1-25-8-4-5-12-9-15-17-18(23-10-22-15)13-6-3-7-14-16(13)20(21(17)19(12)25)26(2)11-24-14/h3-8,10-11H,9H2,1-2H3/q+2. The average Bonchev–Trinajstić information content (AvgIpc) is 2.66. The van der Waals surface area contributed by atoms with E-state index >= 15 is 0 Å². The lowest BCUT2D eigenvalue weighted by Crippen LogP contribution is -2.74. The monoisotopic (exact) mass is 337 g/mol. The second-order valence-corrected chi connectivity index (χ2v) is 7.16. The Kier molecular flexibility index (Phi) is 2.56. The van der Waals surface area contributed by atoms with Crippen molar-refractivity contribution in [3.05, 3.63) is 60.4 Å². The average molecular weight is 337 g/mol. The van der Waals surface area contributed by atoms with Gasteiger partial charge in [-0.25, -0.2) is 19.1 Å². The molecule has 0 unspecified atom stereocenters. The largest absolute Gasteiger partial charge is 0.379 e. The predicted molar refractivity (Wildman–Crippen MR) is 99.0 cm³/mol. The van der Waals surface area contributed by atoms with Crippen LogP contribution in [0, 0.1) is 0 Å². The number of aryl methyl sites for hydroxylation is 2. The molecule has 0 fully saturated rings. The molecule has 0 aliphatic carbocycles. The fourth-order valence-electron chi connectivity index (χ4n) is 4.74. The van der Waals surface area contributed by atoms with Crippen LogP contribution in [0.15, 0.2) is 49.2 Å². The van der Waals surface area contributed by atoms with Crippen LogP contribution in [0.1, 0.15) is 11.3 Å². The first kappa shape index (κ1) is 14.1. The highest BCUT2D eigenvalue weighted by molar-refractivity contribution is 6.97. The highest BCUT2D eigenvalue weighted by atomic mass is 15.0. The van der Waals surface area contributed by atoms with Crippen molar-refractivity contribution >= 4 is 34.3 Å². The van der Waals surface area contributed by atoms with Gasteiger partial charge in [-0.2, -0.15) is 0 Å². The summed E-state index contributed by atoms with van der Waals surface area (Å²) in [5, 5.41) is 1.20. The topological polar surface area (TPSA) is 46.4 Å². The molecular formula is C20H16BN5+2. The molecule has 0 bridgehead atoms. The van der Waals surface area contributed by atoms with E-state index in [2.05, 4.69) is 69.7 Å². The Morgan fingerprint density at radius 2 is 1.88 bits per heavy atom. The number of rotatable bonds is 0. The summed E-state index contributed by atoms with van der Waals surface area (Å²) >= 11 is 0. The van der Waals surface area contributed by atoms with Gasteiger partial charge in [0.2, 0.25) is 0 Å². The van der Waals surface area contributed by atoms with E-state index in [-0.39, 0.29) is 6.71 Å². The zero-order valence-electron chi connectivity index (χ0n) is 14.6. The van der Waals surface area contributed by atoms with Gasteiger partial charge in [0.05, 0.1) is 23.7 Å². The van der Waals surface area contributed by atoms with E-state index in [1.165, 1.54) is 27.6 Å². The first-order chi connectivity index (χ1) is 12.7. The number of nitrogens with zero attached hydrogens (tertiary/aromatic N) is 5. The normalized spacial score (nSPS) is 13.5. The molecule has 4 aromatic rings. The smallest absolute Gasteiger partial charge is 0.244 e. The number of aromatic nitrogens is 5. The highest BCUT2D eigenvalue weighted by Crippen LogP contribution is 2.29. The third-order valence-electron chi connectivity index (χ3n) is 5.78. The van der Waals surface area contributed by atoms with Crippen molar-refractivity contribution in [2.24, 2.45) is 14.1 Å². The Hall–Kier alpha value is -3.15.